The van der Waals surface area contributed by atoms with Gasteiger partial charge in [-0.1, -0.05) is 57.2 Å². The van der Waals surface area contributed by atoms with E-state index in [1.807, 2.05) is 65.0 Å². The molecule has 214 valence electrons. The third-order valence-electron chi connectivity index (χ3n) is 7.57. The molecule has 1 aromatic heterocycles. The van der Waals surface area contributed by atoms with Crippen LogP contribution in [-0.2, 0) is 20.9 Å². The summed E-state index contributed by atoms with van der Waals surface area (Å²) >= 11 is -2.64. The minimum atomic E-state index is -2.64. The maximum atomic E-state index is 13.3. The van der Waals surface area contributed by atoms with Gasteiger partial charge in [0, 0.05) is 53.4 Å². The van der Waals surface area contributed by atoms with E-state index < -0.39 is 28.8 Å². The van der Waals surface area contributed by atoms with Gasteiger partial charge in [-0.05, 0) is 37.8 Å². The number of amides is 2. The van der Waals surface area contributed by atoms with Gasteiger partial charge in [-0.25, -0.2) is 4.98 Å². The summed E-state index contributed by atoms with van der Waals surface area (Å²) in [6, 6.07) is 7.01. The van der Waals surface area contributed by atoms with Gasteiger partial charge in [0.2, 0.25) is 23.6 Å². The third-order valence-corrected chi connectivity index (χ3v) is 7.91. The van der Waals surface area contributed by atoms with Gasteiger partial charge in [0.1, 0.15) is 6.10 Å². The molecule has 40 heavy (non-hydrogen) atoms. The van der Waals surface area contributed by atoms with Crippen molar-refractivity contribution in [1.29, 1.82) is 0 Å². The lowest BCUT2D eigenvalue weighted by molar-refractivity contribution is -0.143. The van der Waals surface area contributed by atoms with E-state index in [1.165, 1.54) is 0 Å². The maximum absolute atomic E-state index is 13.3. The number of hydrogen-bond donors (Lipinski definition) is 2. The predicted octanol–water partition coefficient (Wildman–Crippen LogP) is 3.75. The molecule has 1 unspecified atom stereocenters. The Morgan fingerprint density at radius 1 is 1.23 bits per heavy atom. The van der Waals surface area contributed by atoms with Crippen molar-refractivity contribution in [2.45, 2.75) is 66.0 Å². The second-order valence-electron chi connectivity index (χ2n) is 10.9. The van der Waals surface area contributed by atoms with E-state index in [2.05, 4.69) is 20.0 Å². The summed E-state index contributed by atoms with van der Waals surface area (Å²) < 4.78 is 31.4. The van der Waals surface area contributed by atoms with Crippen LogP contribution in [0.25, 0.3) is 11.3 Å². The summed E-state index contributed by atoms with van der Waals surface area (Å²) in [6.07, 6.45) is 6.70. The quantitative estimate of drug-likeness (QED) is 0.441. The van der Waals surface area contributed by atoms with Crippen LogP contribution < -0.4 is 14.8 Å². The Morgan fingerprint density at radius 2 is 1.95 bits per heavy atom. The van der Waals surface area contributed by atoms with E-state index in [-0.39, 0.29) is 30.2 Å². The molecule has 2 aromatic rings. The topological polar surface area (TPSA) is 137 Å². The van der Waals surface area contributed by atoms with Gasteiger partial charge in [-0.3, -0.25) is 18.5 Å². The number of hydrogen-bond acceptors (Lipinski definition) is 7. The van der Waals surface area contributed by atoms with Gasteiger partial charge in [-0.15, -0.1) is 0 Å². The SMILES string of the molecule is CCC(C)(C)C(=O)N1CC[C@@H](Oc2cc(-c3c(C)cccc3C)nc(NS(=O)[O-])n2)[C@H](NC(=O)C2=CC=CC2)C1. The molecule has 2 aliphatic rings. The summed E-state index contributed by atoms with van der Waals surface area (Å²) in [6.45, 7) is 10.5. The Bertz CT molecular complexity index is 1350. The van der Waals surface area contributed by atoms with Crippen LogP contribution in [0.2, 0.25) is 0 Å². The number of rotatable bonds is 9. The molecule has 2 N–H and O–H groups in total. The fourth-order valence-corrected chi connectivity index (χ4v) is 5.20. The second-order valence-corrected chi connectivity index (χ2v) is 11.5. The number of anilines is 1. The van der Waals surface area contributed by atoms with Crippen LogP contribution in [0.3, 0.4) is 0 Å². The monoisotopic (exact) mass is 566 g/mol. The molecule has 0 radical (unpaired) electrons. The molecule has 3 atom stereocenters. The number of likely N-dealkylation sites (tertiary alicyclic amines) is 1. The number of benzene rings is 1. The number of nitrogens with one attached hydrogen (secondary N) is 2. The highest BCUT2D eigenvalue weighted by atomic mass is 32.2. The standard InChI is InChI=1S/C29H37N5O5S/c1-6-29(4,5)27(36)34-15-14-23(22(17-34)30-26(35)20-12-7-8-13-20)39-24-16-21(31-28(32-24)33-40(37)38)25-18(2)10-9-11-19(25)3/h7-12,16,22-23H,6,13-15,17H2,1-5H3,(H,30,35)(H,37,38)(H,31,32,33)/p-1/t22-,23-/m1/s1. The average molecular weight is 567 g/mol. The van der Waals surface area contributed by atoms with E-state index in [4.69, 9.17) is 4.74 Å². The summed E-state index contributed by atoms with van der Waals surface area (Å²) in [7, 11) is 0. The first-order valence-corrected chi connectivity index (χ1v) is 14.5. The van der Waals surface area contributed by atoms with E-state index in [0.717, 1.165) is 16.7 Å². The molecule has 0 spiro atoms. The number of ether oxygens (including phenoxy) is 1. The number of carbonyl (C=O) groups is 2. The van der Waals surface area contributed by atoms with E-state index in [9.17, 15) is 18.4 Å². The molecule has 11 heteroatoms. The van der Waals surface area contributed by atoms with Crippen LogP contribution >= 0.6 is 0 Å². The van der Waals surface area contributed by atoms with Crippen molar-refractivity contribution in [3.63, 3.8) is 0 Å². The lowest BCUT2D eigenvalue weighted by atomic mass is 9.87. The van der Waals surface area contributed by atoms with Crippen LogP contribution in [0.15, 0.2) is 48.1 Å². The molecular weight excluding hydrogens is 530 g/mol. The minimum absolute atomic E-state index is 0.0261. The van der Waals surface area contributed by atoms with Gasteiger partial charge in [0.15, 0.2) is 0 Å². The highest BCUT2D eigenvalue weighted by Gasteiger charge is 2.39. The summed E-state index contributed by atoms with van der Waals surface area (Å²) in [5.74, 6) is -0.141. The fourth-order valence-electron chi connectivity index (χ4n) is 4.96. The number of nitrogens with zero attached hydrogens (tertiary/aromatic N) is 3. The zero-order valence-electron chi connectivity index (χ0n) is 23.5. The molecule has 1 aromatic carbocycles. The molecule has 0 saturated carbocycles. The van der Waals surface area contributed by atoms with Gasteiger partial charge in [0.25, 0.3) is 0 Å². The largest absolute Gasteiger partial charge is 0.755 e. The van der Waals surface area contributed by atoms with E-state index in [0.29, 0.717) is 37.1 Å². The van der Waals surface area contributed by atoms with Crippen molar-refractivity contribution >= 4 is 29.0 Å². The van der Waals surface area contributed by atoms with Crippen LogP contribution in [0.1, 0.15) is 51.2 Å². The number of carbonyl (C=O) groups excluding carboxylic acids is 2. The molecule has 2 amide bonds. The Balaban J connectivity index is 1.65. The summed E-state index contributed by atoms with van der Waals surface area (Å²) in [4.78, 5) is 36.8. The van der Waals surface area contributed by atoms with Gasteiger partial charge >= 0.3 is 0 Å². The van der Waals surface area contributed by atoms with Crippen molar-refractivity contribution in [3.05, 3.63) is 59.2 Å². The fraction of sp³-hybridized carbons (Fsp3) is 0.448. The van der Waals surface area contributed by atoms with Crippen molar-refractivity contribution in [2.24, 2.45) is 5.41 Å². The number of allylic oxidation sites excluding steroid dienone is 3. The molecule has 10 nitrogen and oxygen atoms in total. The van der Waals surface area contributed by atoms with Gasteiger partial charge in [0.05, 0.1) is 11.7 Å². The first-order valence-electron chi connectivity index (χ1n) is 13.4. The lowest BCUT2D eigenvalue weighted by Gasteiger charge is -2.41. The van der Waals surface area contributed by atoms with Crippen molar-refractivity contribution in [3.8, 4) is 17.1 Å². The van der Waals surface area contributed by atoms with Gasteiger partial charge < -0.3 is 19.5 Å². The Hall–Kier alpha value is -3.57. The lowest BCUT2D eigenvalue weighted by Crippen LogP contribution is -2.59. The molecule has 1 aliphatic heterocycles. The van der Waals surface area contributed by atoms with Crippen LogP contribution in [-0.4, -0.2) is 60.7 Å². The van der Waals surface area contributed by atoms with Crippen LogP contribution in [0, 0.1) is 19.3 Å². The molecule has 1 fully saturated rings. The number of aromatic nitrogens is 2. The number of aryl methyl sites for hydroxylation is 2. The molecule has 4 rings (SSSR count). The zero-order valence-corrected chi connectivity index (χ0v) is 24.3. The Labute approximate surface area is 237 Å². The highest BCUT2D eigenvalue weighted by molar-refractivity contribution is 7.80. The van der Waals surface area contributed by atoms with E-state index in [1.54, 1.807) is 17.0 Å². The third kappa shape index (κ3) is 6.76. The predicted molar refractivity (Wildman–Crippen MR) is 153 cm³/mol. The molecule has 0 bridgehead atoms. The normalized spacial score (nSPS) is 19.6. The average Bonchev–Trinajstić information content (AvgIpc) is 3.44. The van der Waals surface area contributed by atoms with Crippen LogP contribution in [0.4, 0.5) is 5.95 Å². The van der Waals surface area contributed by atoms with Gasteiger partial charge in [-0.2, -0.15) is 4.98 Å². The van der Waals surface area contributed by atoms with Crippen molar-refractivity contribution in [2.75, 3.05) is 17.8 Å². The molecule has 1 aliphatic carbocycles. The second kappa shape index (κ2) is 12.3. The first kappa shape index (κ1) is 29.4. The molecule has 1 saturated heterocycles. The number of piperidine rings is 1. The Kier molecular flexibility index (Phi) is 9.05. The zero-order chi connectivity index (χ0) is 29.0. The molecule has 2 heterocycles. The minimum Gasteiger partial charge on any atom is -0.755 e. The summed E-state index contributed by atoms with van der Waals surface area (Å²) in [5.41, 5.74) is 3.40. The van der Waals surface area contributed by atoms with E-state index >= 15 is 0 Å². The first-order chi connectivity index (χ1) is 19.0. The maximum Gasteiger partial charge on any atom is 0.247 e. The van der Waals surface area contributed by atoms with Crippen LogP contribution in [0.5, 0.6) is 5.88 Å². The van der Waals surface area contributed by atoms with Crippen molar-refractivity contribution < 1.29 is 23.1 Å². The smallest absolute Gasteiger partial charge is 0.247 e. The summed E-state index contributed by atoms with van der Waals surface area (Å²) in [5, 5.41) is 3.07. The Morgan fingerprint density at radius 3 is 2.58 bits per heavy atom. The van der Waals surface area contributed by atoms with Crippen molar-refractivity contribution in [1.82, 2.24) is 20.2 Å². The highest BCUT2D eigenvalue weighted by Crippen LogP contribution is 2.31. The molecular formula is C29H36N5O5S-.